The van der Waals surface area contributed by atoms with Gasteiger partial charge in [-0.3, -0.25) is 14.4 Å². The van der Waals surface area contributed by atoms with Crippen molar-refractivity contribution in [2.24, 2.45) is 67.8 Å². The second-order valence-electron chi connectivity index (χ2n) is 20.6. The largest absolute Gasteiger partial charge is 0.481 e. The SMILES string of the molecule is C=C(C)[C@@H]1CC[C@]2(CC(=O)NC(C)(C)CN)CC[C@]3(C)[C@H](CCC4[C@@]5(C)CC[C@H](OC(=O)CC(C)(C)CC(=O)O)C(C)(C)C5CC[C@]43C)C12. The van der Waals surface area contributed by atoms with E-state index in [9.17, 15) is 19.5 Å². The second-order valence-corrected chi connectivity index (χ2v) is 20.6. The maximum absolute atomic E-state index is 13.7. The molecule has 7 nitrogen and oxygen atoms in total. The number of nitrogens with one attached hydrogen (secondary N) is 1. The molecule has 10 atom stereocenters. The number of allylic oxidation sites excluding steroid dienone is 1. The lowest BCUT2D eigenvalue weighted by molar-refractivity contribution is -0.250. The molecule has 7 heteroatoms. The number of esters is 1. The van der Waals surface area contributed by atoms with E-state index in [1.165, 1.54) is 31.3 Å². The fourth-order valence-corrected chi connectivity index (χ4v) is 13.6. The van der Waals surface area contributed by atoms with Gasteiger partial charge in [-0.15, -0.1) is 0 Å². The lowest BCUT2D eigenvalue weighted by Gasteiger charge is -2.73. The smallest absolute Gasteiger partial charge is 0.306 e. The molecule has 1 amide bonds. The van der Waals surface area contributed by atoms with Gasteiger partial charge in [0.1, 0.15) is 6.10 Å². The lowest BCUT2D eigenvalue weighted by atomic mass is 9.32. The summed E-state index contributed by atoms with van der Waals surface area (Å²) in [5, 5.41) is 12.6. The summed E-state index contributed by atoms with van der Waals surface area (Å²) in [4.78, 5) is 38.2. The van der Waals surface area contributed by atoms with Crippen molar-refractivity contribution < 1.29 is 24.2 Å². The number of hydrogen-bond donors (Lipinski definition) is 3. The van der Waals surface area contributed by atoms with E-state index >= 15 is 0 Å². The van der Waals surface area contributed by atoms with Gasteiger partial charge in [0, 0.05) is 23.9 Å². The number of hydrogen-bond acceptors (Lipinski definition) is 5. The number of aliphatic carboxylic acids is 1. The maximum Gasteiger partial charge on any atom is 0.306 e. The van der Waals surface area contributed by atoms with E-state index in [1.807, 2.05) is 27.7 Å². The van der Waals surface area contributed by atoms with E-state index in [0.717, 1.165) is 38.5 Å². The third-order valence-corrected chi connectivity index (χ3v) is 16.2. The molecule has 0 aliphatic heterocycles. The Hall–Kier alpha value is -1.89. The van der Waals surface area contributed by atoms with Crippen LogP contribution in [0.4, 0.5) is 0 Å². The van der Waals surface area contributed by atoms with Crippen molar-refractivity contribution in [2.45, 2.75) is 164 Å². The fraction of sp³-hybridized carbons (Fsp3) is 0.881. The molecule has 0 bridgehead atoms. The van der Waals surface area contributed by atoms with Gasteiger partial charge in [0.25, 0.3) is 0 Å². The molecule has 5 fully saturated rings. The Labute approximate surface area is 297 Å². The third kappa shape index (κ3) is 6.43. The van der Waals surface area contributed by atoms with Crippen LogP contribution in [0.1, 0.15) is 153 Å². The molecule has 0 heterocycles. The number of fused-ring (bicyclic) bond motifs is 7. The Kier molecular flexibility index (Phi) is 9.90. The van der Waals surface area contributed by atoms with Crippen molar-refractivity contribution in [3.05, 3.63) is 12.2 Å². The molecular weight excluding hydrogens is 612 g/mol. The molecule has 5 saturated carbocycles. The highest BCUT2D eigenvalue weighted by molar-refractivity contribution is 5.77. The summed E-state index contributed by atoms with van der Waals surface area (Å²) in [6, 6.07) is 0. The molecule has 4 N–H and O–H groups in total. The number of carbonyl (C=O) groups is 3. The maximum atomic E-state index is 13.7. The van der Waals surface area contributed by atoms with Crippen molar-refractivity contribution in [2.75, 3.05) is 6.54 Å². The van der Waals surface area contributed by atoms with Crippen LogP contribution >= 0.6 is 0 Å². The number of carbonyl (C=O) groups excluding carboxylic acids is 2. The minimum absolute atomic E-state index is 0.0236. The topological polar surface area (TPSA) is 119 Å². The van der Waals surface area contributed by atoms with E-state index in [0.29, 0.717) is 42.6 Å². The van der Waals surface area contributed by atoms with E-state index in [-0.39, 0.29) is 57.9 Å². The minimum atomic E-state index is -0.885. The first kappa shape index (κ1) is 38.3. The van der Waals surface area contributed by atoms with Gasteiger partial charge in [-0.05, 0) is 142 Å². The molecule has 5 rings (SSSR count). The molecule has 3 unspecified atom stereocenters. The molecule has 5 aliphatic rings. The molecule has 5 aliphatic carbocycles. The van der Waals surface area contributed by atoms with Gasteiger partial charge in [-0.1, -0.05) is 60.6 Å². The summed E-state index contributed by atoms with van der Waals surface area (Å²) in [7, 11) is 0. The van der Waals surface area contributed by atoms with Crippen LogP contribution in [0, 0.1) is 62.1 Å². The van der Waals surface area contributed by atoms with Crippen molar-refractivity contribution in [3.8, 4) is 0 Å². The van der Waals surface area contributed by atoms with Crippen LogP contribution in [0.5, 0.6) is 0 Å². The third-order valence-electron chi connectivity index (χ3n) is 16.2. The zero-order valence-corrected chi connectivity index (χ0v) is 32.7. The predicted molar refractivity (Wildman–Crippen MR) is 195 cm³/mol. The Bertz CT molecular complexity index is 1340. The first-order valence-electron chi connectivity index (χ1n) is 19.5. The van der Waals surface area contributed by atoms with Crippen LogP contribution in [-0.4, -0.2) is 41.1 Å². The van der Waals surface area contributed by atoms with Crippen molar-refractivity contribution in [1.29, 1.82) is 0 Å². The van der Waals surface area contributed by atoms with Gasteiger partial charge in [0.05, 0.1) is 12.8 Å². The molecular formula is C42H70N2O5. The van der Waals surface area contributed by atoms with Crippen LogP contribution in [0.15, 0.2) is 12.2 Å². The lowest BCUT2D eigenvalue weighted by Crippen LogP contribution is -2.67. The van der Waals surface area contributed by atoms with E-state index < -0.39 is 16.9 Å². The zero-order valence-electron chi connectivity index (χ0n) is 32.7. The van der Waals surface area contributed by atoms with Gasteiger partial charge in [0.15, 0.2) is 0 Å². The van der Waals surface area contributed by atoms with Crippen molar-refractivity contribution >= 4 is 17.8 Å². The second kappa shape index (κ2) is 12.7. The quantitative estimate of drug-likeness (QED) is 0.157. The highest BCUT2D eigenvalue weighted by Crippen LogP contribution is 2.78. The van der Waals surface area contributed by atoms with Gasteiger partial charge in [-0.25, -0.2) is 0 Å². The van der Waals surface area contributed by atoms with Crippen LogP contribution in [-0.2, 0) is 19.1 Å². The molecule has 0 aromatic heterocycles. The molecule has 0 aromatic carbocycles. The highest BCUT2D eigenvalue weighted by Gasteiger charge is 2.71. The van der Waals surface area contributed by atoms with E-state index in [2.05, 4.69) is 53.4 Å². The Balaban J connectivity index is 1.39. The predicted octanol–water partition coefficient (Wildman–Crippen LogP) is 8.69. The summed E-state index contributed by atoms with van der Waals surface area (Å²) < 4.78 is 6.27. The Morgan fingerprint density at radius 3 is 2.14 bits per heavy atom. The van der Waals surface area contributed by atoms with Gasteiger partial charge < -0.3 is 20.9 Å². The van der Waals surface area contributed by atoms with E-state index in [4.69, 9.17) is 10.5 Å². The van der Waals surface area contributed by atoms with Gasteiger partial charge in [-0.2, -0.15) is 0 Å². The van der Waals surface area contributed by atoms with E-state index in [1.54, 1.807) is 0 Å². The number of ether oxygens (including phenoxy) is 1. The summed E-state index contributed by atoms with van der Waals surface area (Å²) in [6.45, 7) is 27.4. The number of amides is 1. The number of nitrogens with two attached hydrogens (primary N) is 1. The standard InChI is InChI=1S/C42H70N2O5/c1-26(2)27-14-19-42(22-32(45)44-37(5,6)25-43)21-20-40(10)28(35(27)42)12-13-30-39(9)17-16-31(38(7,8)29(39)15-18-41(30,40)11)49-34(48)24-36(3,4)23-33(46)47/h27-31,35H,1,12-25,43H2,2-11H3,(H,44,45)(H,46,47)/t27-,28+,29?,30?,31-,35?,39-,40+,41+,42+/m0/s1. The first-order chi connectivity index (χ1) is 22.5. The molecule has 0 aromatic rings. The normalized spacial score (nSPS) is 41.4. The highest BCUT2D eigenvalue weighted by atomic mass is 16.5. The number of carboxylic acid groups (broad SMARTS) is 1. The van der Waals surface area contributed by atoms with Crippen LogP contribution in [0.2, 0.25) is 0 Å². The summed E-state index contributed by atoms with van der Waals surface area (Å²) in [5.74, 6) is 1.57. The molecule has 49 heavy (non-hydrogen) atoms. The van der Waals surface area contributed by atoms with Crippen LogP contribution in [0.3, 0.4) is 0 Å². The molecule has 0 saturated heterocycles. The average molecular weight is 683 g/mol. The monoisotopic (exact) mass is 683 g/mol. The Morgan fingerprint density at radius 2 is 1.53 bits per heavy atom. The molecule has 0 spiro atoms. The first-order valence-corrected chi connectivity index (χ1v) is 19.5. The Morgan fingerprint density at radius 1 is 0.857 bits per heavy atom. The minimum Gasteiger partial charge on any atom is -0.481 e. The summed E-state index contributed by atoms with van der Waals surface area (Å²) in [5.41, 5.74) is 6.66. The van der Waals surface area contributed by atoms with Gasteiger partial charge in [0.2, 0.25) is 5.91 Å². The summed E-state index contributed by atoms with van der Waals surface area (Å²) >= 11 is 0. The summed E-state index contributed by atoms with van der Waals surface area (Å²) in [6.07, 6.45) is 11.7. The van der Waals surface area contributed by atoms with Gasteiger partial charge >= 0.3 is 11.9 Å². The molecule has 0 radical (unpaired) electrons. The van der Waals surface area contributed by atoms with Crippen molar-refractivity contribution in [1.82, 2.24) is 5.32 Å². The van der Waals surface area contributed by atoms with Crippen LogP contribution < -0.4 is 11.1 Å². The van der Waals surface area contributed by atoms with Crippen molar-refractivity contribution in [3.63, 3.8) is 0 Å². The fourth-order valence-electron chi connectivity index (χ4n) is 13.6. The molecule has 278 valence electrons. The number of carboxylic acids is 1. The average Bonchev–Trinajstić information content (AvgIpc) is 3.33. The zero-order chi connectivity index (χ0) is 36.6. The van der Waals surface area contributed by atoms with Crippen LogP contribution in [0.25, 0.3) is 0 Å². The number of rotatable bonds is 10.